The van der Waals surface area contributed by atoms with Gasteiger partial charge in [-0.15, -0.1) is 12.1 Å². The third-order valence-corrected chi connectivity index (χ3v) is 2.16. The van der Waals surface area contributed by atoms with Gasteiger partial charge < -0.3 is 17.5 Å². The fraction of sp³-hybridized carbons (Fsp3) is 0.222. The summed E-state index contributed by atoms with van der Waals surface area (Å²) >= 11 is 0. The van der Waals surface area contributed by atoms with Gasteiger partial charge in [-0.25, -0.2) is 0 Å². The van der Waals surface area contributed by atoms with E-state index in [1.165, 1.54) is 0 Å². The Morgan fingerprint density at radius 2 is 1.79 bits per heavy atom. The average Bonchev–Trinajstić information content (AvgIpc) is 2.17. The summed E-state index contributed by atoms with van der Waals surface area (Å²) in [6, 6.07) is 2.13. The molecule has 0 saturated carbocycles. The van der Waals surface area contributed by atoms with Crippen molar-refractivity contribution < 1.29 is 77.5 Å². The number of halogens is 6. The van der Waals surface area contributed by atoms with Gasteiger partial charge in [-0.1, -0.05) is 6.07 Å². The standard InChI is InChI=1S/C9H7BF6NO.K/c1-6(10(14,15)16)5-17-7(9(11,12)13)3-2-4-8(17)18;/h2-4H,1,5H2;/q-1;+1. The summed E-state index contributed by atoms with van der Waals surface area (Å²) < 4.78 is 74.3. The van der Waals surface area contributed by atoms with E-state index in [2.05, 4.69) is 6.58 Å². The summed E-state index contributed by atoms with van der Waals surface area (Å²) in [4.78, 5) is 11.2. The van der Waals surface area contributed by atoms with Gasteiger partial charge >= 0.3 is 64.5 Å². The second-order valence-electron chi connectivity index (χ2n) is 3.57. The molecule has 2 nitrogen and oxygen atoms in total. The van der Waals surface area contributed by atoms with Crippen LogP contribution in [0.3, 0.4) is 0 Å². The van der Waals surface area contributed by atoms with E-state index in [0.717, 1.165) is 12.1 Å². The van der Waals surface area contributed by atoms with E-state index in [1.807, 2.05) is 0 Å². The van der Waals surface area contributed by atoms with Crippen LogP contribution in [0.5, 0.6) is 0 Å². The molecule has 0 aliphatic rings. The molecule has 0 aromatic carbocycles. The van der Waals surface area contributed by atoms with Crippen molar-refractivity contribution in [3.05, 3.63) is 46.3 Å². The Morgan fingerprint density at radius 1 is 1.26 bits per heavy atom. The summed E-state index contributed by atoms with van der Waals surface area (Å²) in [6.45, 7) is -4.05. The molecule has 0 N–H and O–H groups in total. The average molecular weight is 309 g/mol. The molecule has 0 atom stereocenters. The van der Waals surface area contributed by atoms with E-state index in [1.54, 1.807) is 0 Å². The maximum absolute atomic E-state index is 12.5. The van der Waals surface area contributed by atoms with Crippen molar-refractivity contribution in [2.24, 2.45) is 0 Å². The van der Waals surface area contributed by atoms with Crippen molar-refractivity contribution in [3.63, 3.8) is 0 Å². The zero-order valence-corrected chi connectivity index (χ0v) is 13.0. The van der Waals surface area contributed by atoms with Gasteiger partial charge in [0.1, 0.15) is 5.69 Å². The molecule has 0 aliphatic carbocycles. The Labute approximate surface area is 147 Å². The van der Waals surface area contributed by atoms with E-state index >= 15 is 0 Å². The molecule has 19 heavy (non-hydrogen) atoms. The molecule has 1 aromatic rings. The number of allylic oxidation sites excluding steroid dienone is 1. The number of hydrogen-bond donors (Lipinski definition) is 0. The summed E-state index contributed by atoms with van der Waals surface area (Å²) in [5.74, 6) is 0. The largest absolute Gasteiger partial charge is 1.00 e. The molecular weight excluding hydrogens is 302 g/mol. The Bertz CT molecular complexity index is 521. The molecule has 1 heterocycles. The minimum atomic E-state index is -5.49. The Hall–Kier alpha value is -0.0287. The molecule has 1 aromatic heterocycles. The quantitative estimate of drug-likeness (QED) is 0.561. The second-order valence-corrected chi connectivity index (χ2v) is 3.57. The first-order valence-corrected chi connectivity index (χ1v) is 4.68. The molecule has 0 aliphatic heterocycles. The molecule has 0 bridgehead atoms. The second kappa shape index (κ2) is 6.62. The van der Waals surface area contributed by atoms with Crippen LogP contribution in [0, 0.1) is 0 Å². The molecule has 0 amide bonds. The van der Waals surface area contributed by atoms with Crippen LogP contribution >= 0.6 is 0 Å². The SMILES string of the molecule is C=C(Cn1c(C(F)(F)F)cccc1=O)[B-](F)(F)F.[K+]. The molecule has 100 valence electrons. The van der Waals surface area contributed by atoms with Crippen LogP contribution in [-0.2, 0) is 12.7 Å². The maximum atomic E-state index is 12.5. The predicted octanol–water partition coefficient (Wildman–Crippen LogP) is -0.186. The van der Waals surface area contributed by atoms with Crippen molar-refractivity contribution in [2.75, 3.05) is 0 Å². The van der Waals surface area contributed by atoms with Gasteiger partial charge in [0, 0.05) is 12.6 Å². The monoisotopic (exact) mass is 309 g/mol. The number of hydrogen-bond acceptors (Lipinski definition) is 1. The van der Waals surface area contributed by atoms with Crippen LogP contribution in [0.15, 0.2) is 35.0 Å². The number of alkyl halides is 3. The van der Waals surface area contributed by atoms with Gasteiger partial charge in [0.2, 0.25) is 0 Å². The van der Waals surface area contributed by atoms with Crippen molar-refractivity contribution >= 4 is 6.98 Å². The van der Waals surface area contributed by atoms with Crippen LogP contribution in [0.25, 0.3) is 0 Å². The Balaban J connectivity index is 0.00000324. The van der Waals surface area contributed by atoms with E-state index in [4.69, 9.17) is 0 Å². The van der Waals surface area contributed by atoms with Gasteiger partial charge in [0.05, 0.1) is 0 Å². The third kappa shape index (κ3) is 5.10. The first kappa shape index (κ1) is 19.0. The molecule has 0 unspecified atom stereocenters. The Kier molecular flexibility index (Phi) is 6.61. The fourth-order valence-electron chi connectivity index (χ4n) is 1.24. The van der Waals surface area contributed by atoms with E-state index < -0.39 is 36.4 Å². The molecule has 0 saturated heterocycles. The van der Waals surface area contributed by atoms with E-state index in [-0.39, 0.29) is 56.0 Å². The van der Waals surface area contributed by atoms with Crippen LogP contribution < -0.4 is 56.9 Å². The number of rotatable bonds is 3. The zero-order chi connectivity index (χ0) is 14.1. The Morgan fingerprint density at radius 3 is 2.21 bits per heavy atom. The number of aromatic nitrogens is 1. The van der Waals surface area contributed by atoms with Crippen molar-refractivity contribution in [2.45, 2.75) is 12.7 Å². The number of nitrogens with zero attached hydrogens (tertiary/aromatic N) is 1. The van der Waals surface area contributed by atoms with Crippen LogP contribution in [0.1, 0.15) is 5.69 Å². The van der Waals surface area contributed by atoms with Gasteiger partial charge in [-0.05, 0) is 6.07 Å². The summed E-state index contributed by atoms with van der Waals surface area (Å²) in [6.07, 6.45) is -4.90. The summed E-state index contributed by atoms with van der Waals surface area (Å²) in [7, 11) is 0. The normalized spacial score (nSPS) is 11.9. The molecule has 0 spiro atoms. The zero-order valence-electron chi connectivity index (χ0n) is 9.85. The smallest absolute Gasteiger partial charge is 0.445 e. The van der Waals surface area contributed by atoms with Crippen LogP contribution in [0.2, 0.25) is 0 Å². The van der Waals surface area contributed by atoms with Gasteiger partial charge in [-0.2, -0.15) is 13.2 Å². The van der Waals surface area contributed by atoms with Crippen molar-refractivity contribution in [3.8, 4) is 0 Å². The van der Waals surface area contributed by atoms with Gasteiger partial charge in [0.25, 0.3) is 5.56 Å². The van der Waals surface area contributed by atoms with Crippen LogP contribution in [-0.4, -0.2) is 11.5 Å². The first-order chi connectivity index (χ1) is 8.03. The molecular formula is C9H7BF6KNO. The van der Waals surface area contributed by atoms with Crippen molar-refractivity contribution in [1.82, 2.24) is 4.57 Å². The number of pyridine rings is 1. The minimum Gasteiger partial charge on any atom is -0.445 e. The van der Waals surface area contributed by atoms with Gasteiger partial charge in [0.15, 0.2) is 0 Å². The third-order valence-electron chi connectivity index (χ3n) is 2.16. The fourth-order valence-corrected chi connectivity index (χ4v) is 1.24. The summed E-state index contributed by atoms with van der Waals surface area (Å²) in [5, 5.41) is 0. The predicted molar refractivity (Wildman–Crippen MR) is 53.9 cm³/mol. The maximum Gasteiger partial charge on any atom is 1.00 e. The van der Waals surface area contributed by atoms with Gasteiger partial charge in [-0.3, -0.25) is 4.79 Å². The van der Waals surface area contributed by atoms with Crippen molar-refractivity contribution in [1.29, 1.82) is 0 Å². The van der Waals surface area contributed by atoms with E-state index in [9.17, 15) is 30.9 Å². The van der Waals surface area contributed by atoms with Crippen LogP contribution in [0.4, 0.5) is 26.1 Å². The molecule has 10 heteroatoms. The summed E-state index contributed by atoms with van der Waals surface area (Å²) in [5.41, 5.74) is -3.96. The first-order valence-electron chi connectivity index (χ1n) is 4.68. The molecule has 0 radical (unpaired) electrons. The topological polar surface area (TPSA) is 22.0 Å². The van der Waals surface area contributed by atoms with E-state index in [0.29, 0.717) is 6.07 Å². The molecule has 1 rings (SSSR count). The minimum absolute atomic E-state index is 0. The molecule has 0 fully saturated rings.